The molecule has 0 radical (unpaired) electrons. The first-order valence-corrected chi connectivity index (χ1v) is 8.19. The van der Waals surface area contributed by atoms with Crippen LogP contribution in [0.1, 0.15) is 0 Å². The van der Waals surface area contributed by atoms with Gasteiger partial charge in [0.25, 0.3) is 0 Å². The van der Waals surface area contributed by atoms with Crippen LogP contribution < -0.4 is 10.1 Å². The molecule has 0 aliphatic carbocycles. The third kappa shape index (κ3) is 2.06. The van der Waals surface area contributed by atoms with Crippen LogP contribution in [0, 0.1) is 5.92 Å². The van der Waals surface area contributed by atoms with Crippen molar-refractivity contribution < 1.29 is 8.95 Å². The number of ether oxygens (including phenoxy) is 1. The lowest BCUT2D eigenvalue weighted by Crippen LogP contribution is -2.51. The number of pyridine rings is 1. The van der Waals surface area contributed by atoms with Gasteiger partial charge >= 0.3 is 0 Å². The summed E-state index contributed by atoms with van der Waals surface area (Å²) >= 11 is 0. The van der Waals surface area contributed by atoms with Gasteiger partial charge in [0.2, 0.25) is 0 Å². The van der Waals surface area contributed by atoms with Gasteiger partial charge in [0.15, 0.2) is 0 Å². The average molecular weight is 303 g/mol. The van der Waals surface area contributed by atoms with E-state index in [2.05, 4.69) is 14.6 Å². The van der Waals surface area contributed by atoms with Crippen molar-refractivity contribution in [3.05, 3.63) is 30.6 Å². The highest BCUT2D eigenvalue weighted by molar-refractivity contribution is 7.83. The van der Waals surface area contributed by atoms with Gasteiger partial charge in [-0.3, -0.25) is 4.98 Å². The normalized spacial score (nSPS) is 26.3. The largest absolute Gasteiger partial charge is 0.494 e. The van der Waals surface area contributed by atoms with E-state index in [4.69, 9.17) is 4.74 Å². The predicted molar refractivity (Wildman–Crippen MR) is 81.6 cm³/mol. The zero-order valence-corrected chi connectivity index (χ0v) is 12.6. The number of nitrogens with zero attached hydrogens (tertiary/aromatic N) is 2. The molecule has 6 heteroatoms. The summed E-state index contributed by atoms with van der Waals surface area (Å²) in [7, 11) is 0.460. The minimum Gasteiger partial charge on any atom is -0.494 e. The van der Waals surface area contributed by atoms with Crippen molar-refractivity contribution in [2.45, 2.75) is 10.9 Å². The fraction of sp³-hybridized carbons (Fsp3) is 0.400. The van der Waals surface area contributed by atoms with E-state index >= 15 is 0 Å². The van der Waals surface area contributed by atoms with Gasteiger partial charge in [-0.1, -0.05) is 12.1 Å². The highest BCUT2D eigenvalue weighted by Crippen LogP contribution is 2.33. The number of fused-ring (bicyclic) bond motifs is 2. The first-order valence-electron chi connectivity index (χ1n) is 7.09. The smallest absolute Gasteiger partial charge is 0.146 e. The van der Waals surface area contributed by atoms with Crippen LogP contribution in [0.4, 0.5) is 0 Å². The second kappa shape index (κ2) is 5.05. The van der Waals surface area contributed by atoms with Crippen LogP contribution in [0.2, 0.25) is 0 Å². The summed E-state index contributed by atoms with van der Waals surface area (Å²) in [6.07, 6.45) is 3.46. The Morgan fingerprint density at radius 2 is 2.29 bits per heavy atom. The van der Waals surface area contributed by atoms with Crippen molar-refractivity contribution in [1.82, 2.24) is 14.6 Å². The number of hydrogen-bond acceptors (Lipinski definition) is 4. The van der Waals surface area contributed by atoms with Crippen molar-refractivity contribution in [3.8, 4) is 5.75 Å². The third-order valence-corrected chi connectivity index (χ3v) is 5.89. The van der Waals surface area contributed by atoms with E-state index < -0.39 is 11.0 Å². The first-order chi connectivity index (χ1) is 10.3. The fourth-order valence-corrected chi connectivity index (χ4v) is 4.65. The maximum atomic E-state index is 13.0. The summed E-state index contributed by atoms with van der Waals surface area (Å²) in [6.45, 7) is 2.79. The number of hydrogen-bond donors (Lipinski definition) is 1. The molecular weight excluding hydrogens is 286 g/mol. The van der Waals surface area contributed by atoms with Crippen LogP contribution in [0.15, 0.2) is 35.5 Å². The molecule has 3 unspecified atom stereocenters. The lowest BCUT2D eigenvalue weighted by atomic mass is 9.96. The number of nitrogens with one attached hydrogen (secondary N) is 1. The first kappa shape index (κ1) is 13.2. The van der Waals surface area contributed by atoms with Gasteiger partial charge in [0, 0.05) is 48.6 Å². The number of methoxy groups -OCH3 is 1. The molecule has 21 heavy (non-hydrogen) atoms. The zero-order chi connectivity index (χ0) is 14.4. The molecule has 2 fully saturated rings. The maximum Gasteiger partial charge on any atom is 0.146 e. The summed E-state index contributed by atoms with van der Waals surface area (Å²) in [5.41, 5.74) is 0. The molecule has 0 amide bonds. The standard InChI is InChI=1S/C15H17N3O2S/c1-20-13-7-16-5-10-3-2-4-14(15(10)13)21(19)18-8-11-6-17-12(11)9-18/h2-5,7,11-12,17H,6,8-9H2,1H3. The summed E-state index contributed by atoms with van der Waals surface area (Å²) in [6, 6.07) is 6.34. The zero-order valence-electron chi connectivity index (χ0n) is 11.8. The summed E-state index contributed by atoms with van der Waals surface area (Å²) in [5, 5.41) is 5.25. The molecule has 2 saturated heterocycles. The van der Waals surface area contributed by atoms with Gasteiger partial charge in [-0.05, 0) is 6.07 Å². The van der Waals surface area contributed by atoms with Gasteiger partial charge in [-0.2, -0.15) is 0 Å². The van der Waals surface area contributed by atoms with Gasteiger partial charge in [0.1, 0.15) is 16.7 Å². The predicted octanol–water partition coefficient (Wildman–Crippen LogP) is 1.17. The molecule has 2 aliphatic heterocycles. The number of benzene rings is 1. The molecule has 2 aliphatic rings. The second-order valence-corrected chi connectivity index (χ2v) is 7.02. The molecule has 2 aromatic rings. The molecule has 3 heterocycles. The summed E-state index contributed by atoms with van der Waals surface area (Å²) < 4.78 is 20.4. The molecule has 0 bridgehead atoms. The Bertz CT molecular complexity index is 704. The van der Waals surface area contributed by atoms with Gasteiger partial charge < -0.3 is 10.1 Å². The van der Waals surface area contributed by atoms with Crippen LogP contribution in [0.25, 0.3) is 10.8 Å². The molecule has 110 valence electrons. The highest BCUT2D eigenvalue weighted by Gasteiger charge is 2.41. The molecule has 4 rings (SSSR count). The summed E-state index contributed by atoms with van der Waals surface area (Å²) in [4.78, 5) is 4.98. The molecule has 1 N–H and O–H groups in total. The molecule has 0 spiro atoms. The molecule has 1 aromatic carbocycles. The van der Waals surface area contributed by atoms with E-state index in [0.29, 0.717) is 17.7 Å². The third-order valence-electron chi connectivity index (χ3n) is 4.40. The highest BCUT2D eigenvalue weighted by atomic mass is 32.2. The molecule has 3 atom stereocenters. The van der Waals surface area contributed by atoms with Crippen molar-refractivity contribution in [2.75, 3.05) is 26.7 Å². The second-order valence-electron chi connectivity index (χ2n) is 5.57. The molecular formula is C15H17N3O2S. The van der Waals surface area contributed by atoms with E-state index in [1.807, 2.05) is 18.2 Å². The Kier molecular flexibility index (Phi) is 3.17. The van der Waals surface area contributed by atoms with Crippen LogP contribution in [-0.4, -0.2) is 46.3 Å². The van der Waals surface area contributed by atoms with E-state index in [9.17, 15) is 4.21 Å². The van der Waals surface area contributed by atoms with Gasteiger partial charge in [-0.15, -0.1) is 0 Å². The SMILES string of the molecule is COc1cncc2cccc(S(=O)N3CC4CNC4C3)c12. The molecule has 1 aromatic heterocycles. The van der Waals surface area contributed by atoms with Gasteiger partial charge in [-0.25, -0.2) is 8.51 Å². The van der Waals surface area contributed by atoms with E-state index in [-0.39, 0.29) is 0 Å². The minimum absolute atomic E-state index is 0.507. The average Bonchev–Trinajstić information content (AvgIpc) is 2.80. The number of rotatable bonds is 3. The lowest BCUT2D eigenvalue weighted by Gasteiger charge is -2.30. The topological polar surface area (TPSA) is 54.5 Å². The molecule has 5 nitrogen and oxygen atoms in total. The van der Waals surface area contributed by atoms with Crippen molar-refractivity contribution in [2.24, 2.45) is 5.92 Å². The summed E-state index contributed by atoms with van der Waals surface area (Å²) in [5.74, 6) is 1.32. The van der Waals surface area contributed by atoms with E-state index in [0.717, 1.165) is 35.3 Å². The van der Waals surface area contributed by atoms with Crippen molar-refractivity contribution >= 4 is 21.8 Å². The Morgan fingerprint density at radius 1 is 1.38 bits per heavy atom. The van der Waals surface area contributed by atoms with Gasteiger partial charge in [0.05, 0.1) is 18.2 Å². The Hall–Kier alpha value is -1.50. The van der Waals surface area contributed by atoms with Crippen LogP contribution in [0.3, 0.4) is 0 Å². The van der Waals surface area contributed by atoms with Crippen molar-refractivity contribution in [3.63, 3.8) is 0 Å². The number of aromatic nitrogens is 1. The van der Waals surface area contributed by atoms with Crippen molar-refractivity contribution in [1.29, 1.82) is 0 Å². The Balaban J connectivity index is 1.77. The quantitative estimate of drug-likeness (QED) is 0.925. The van der Waals surface area contributed by atoms with Crippen LogP contribution in [0.5, 0.6) is 5.75 Å². The molecule has 0 saturated carbocycles. The maximum absolute atomic E-state index is 13.0. The monoisotopic (exact) mass is 303 g/mol. The van der Waals surface area contributed by atoms with Crippen LogP contribution >= 0.6 is 0 Å². The minimum atomic E-state index is -1.16. The van der Waals surface area contributed by atoms with Crippen LogP contribution in [-0.2, 0) is 11.0 Å². The Labute approximate surface area is 125 Å². The Morgan fingerprint density at radius 3 is 2.95 bits per heavy atom. The fourth-order valence-electron chi connectivity index (χ4n) is 3.16. The van der Waals surface area contributed by atoms with E-state index in [1.54, 1.807) is 19.5 Å². The van der Waals surface area contributed by atoms with E-state index in [1.165, 1.54) is 0 Å². The lowest BCUT2D eigenvalue weighted by molar-refractivity contribution is 0.297.